The Morgan fingerprint density at radius 2 is 0.923 bits per heavy atom. The maximum atomic E-state index is 12.0. The molecule has 0 aliphatic rings. The van der Waals surface area contributed by atoms with E-state index < -0.39 is 22.0 Å². The Labute approximate surface area is 157 Å². The van der Waals surface area contributed by atoms with Gasteiger partial charge >= 0.3 is 11.9 Å². The first kappa shape index (κ1) is 23.2. The van der Waals surface area contributed by atoms with E-state index in [1.807, 2.05) is 0 Å². The molecular weight excluding hydrogens is 393 g/mol. The molecular formula is C16H14Cl2F2N2O4. The van der Waals surface area contributed by atoms with Crippen LogP contribution in [0.25, 0.3) is 0 Å². The first-order valence-electron chi connectivity index (χ1n) is 6.58. The Bertz CT molecular complexity index is 659. The van der Waals surface area contributed by atoms with Gasteiger partial charge in [0.1, 0.15) is 11.6 Å². The summed E-state index contributed by atoms with van der Waals surface area (Å²) in [7, 11) is 0. The van der Waals surface area contributed by atoms with Crippen LogP contribution in [0.2, 0.25) is 0 Å². The molecule has 0 fully saturated rings. The second-order valence-electron chi connectivity index (χ2n) is 4.34. The first-order chi connectivity index (χ1) is 12.0. The van der Waals surface area contributed by atoms with Crippen molar-refractivity contribution in [3.8, 4) is 0 Å². The minimum atomic E-state index is -1.56. The molecule has 0 aromatic heterocycles. The van der Waals surface area contributed by atoms with Gasteiger partial charge < -0.3 is 21.7 Å². The highest BCUT2D eigenvalue weighted by Gasteiger charge is 2.15. The molecule has 140 valence electrons. The summed E-state index contributed by atoms with van der Waals surface area (Å²) < 4.78 is 24.1. The van der Waals surface area contributed by atoms with Crippen LogP contribution in [0.3, 0.4) is 0 Å². The number of nitrogen functional groups attached to an aromatic ring is 2. The van der Waals surface area contributed by atoms with Crippen LogP contribution in [0.5, 0.6) is 0 Å². The Hall–Kier alpha value is -2.84. The smallest absolute Gasteiger partial charge is 0.349 e. The monoisotopic (exact) mass is 406 g/mol. The van der Waals surface area contributed by atoms with Crippen LogP contribution >= 0.6 is 23.2 Å². The molecule has 2 aromatic rings. The van der Waals surface area contributed by atoms with Gasteiger partial charge in [-0.1, -0.05) is 23.2 Å². The van der Waals surface area contributed by atoms with Gasteiger partial charge in [0.25, 0.3) is 0 Å². The van der Waals surface area contributed by atoms with E-state index in [2.05, 4.69) is 0 Å². The van der Waals surface area contributed by atoms with Crippen LogP contribution < -0.4 is 11.5 Å². The third-order valence-corrected chi connectivity index (χ3v) is 3.11. The molecule has 0 unspecified atom stereocenters. The minimum absolute atomic E-state index is 0.251. The lowest BCUT2D eigenvalue weighted by Crippen LogP contribution is -2.02. The predicted molar refractivity (Wildman–Crippen MR) is 95.6 cm³/mol. The molecule has 0 atom stereocenters. The number of rotatable bonds is 2. The van der Waals surface area contributed by atoms with Crippen molar-refractivity contribution in [3.05, 3.63) is 70.2 Å². The van der Waals surface area contributed by atoms with Crippen molar-refractivity contribution in [1.29, 1.82) is 0 Å². The molecule has 0 bridgehead atoms. The molecule has 0 aliphatic heterocycles. The summed E-state index contributed by atoms with van der Waals surface area (Å²) in [5.41, 5.74) is 11.7. The zero-order valence-corrected chi connectivity index (χ0v) is 14.5. The van der Waals surface area contributed by atoms with Gasteiger partial charge in [-0.2, -0.15) is 0 Å². The van der Waals surface area contributed by atoms with Crippen LogP contribution in [-0.4, -0.2) is 22.2 Å². The normalized spacial score (nSPS) is 10.3. The maximum Gasteiger partial charge on any atom is 0.349 e. The lowest BCUT2D eigenvalue weighted by molar-refractivity contribution is -0.134. The molecule has 6 nitrogen and oxygen atoms in total. The van der Waals surface area contributed by atoms with E-state index in [1.54, 1.807) is 0 Å². The topological polar surface area (TPSA) is 127 Å². The van der Waals surface area contributed by atoms with Crippen LogP contribution in [0.15, 0.2) is 58.6 Å². The van der Waals surface area contributed by atoms with Crippen molar-refractivity contribution in [3.63, 3.8) is 0 Å². The molecule has 10 heteroatoms. The van der Waals surface area contributed by atoms with Gasteiger partial charge in [-0.05, 0) is 48.5 Å². The van der Waals surface area contributed by atoms with Crippen LogP contribution in [0.1, 0.15) is 0 Å². The fourth-order valence-electron chi connectivity index (χ4n) is 1.11. The number of halogens is 4. The van der Waals surface area contributed by atoms with E-state index in [1.165, 1.54) is 48.5 Å². The number of carbonyl (C=O) groups is 2. The molecule has 2 rings (SSSR count). The van der Waals surface area contributed by atoms with E-state index in [0.29, 0.717) is 11.4 Å². The molecule has 26 heavy (non-hydrogen) atoms. The fraction of sp³-hybridized carbons (Fsp3) is 0. The Morgan fingerprint density at radius 3 is 1.08 bits per heavy atom. The van der Waals surface area contributed by atoms with E-state index in [4.69, 9.17) is 44.9 Å². The maximum absolute atomic E-state index is 12.0. The lowest BCUT2D eigenvalue weighted by atomic mass is 10.3. The summed E-state index contributed by atoms with van der Waals surface area (Å²) in [6.45, 7) is 0. The van der Waals surface area contributed by atoms with E-state index in [-0.39, 0.29) is 11.6 Å². The third-order valence-electron chi connectivity index (χ3n) is 2.31. The van der Waals surface area contributed by atoms with Crippen LogP contribution in [0, 0.1) is 11.6 Å². The number of hydrogen-bond donors (Lipinski definition) is 4. The quantitative estimate of drug-likeness (QED) is 0.445. The lowest BCUT2D eigenvalue weighted by Gasteiger charge is -1.90. The average molecular weight is 407 g/mol. The molecule has 0 saturated carbocycles. The summed E-state index contributed by atoms with van der Waals surface area (Å²) in [5, 5.41) is 14.3. The number of carboxylic acid groups (broad SMARTS) is 2. The second kappa shape index (κ2) is 11.7. The van der Waals surface area contributed by atoms with Gasteiger partial charge in [0.2, 0.25) is 0 Å². The minimum Gasteiger partial charge on any atom is -0.477 e. The van der Waals surface area contributed by atoms with Crippen molar-refractivity contribution in [2.24, 2.45) is 0 Å². The standard InChI is InChI=1S/2C6H6FN.C4H2Cl2O4/c2*7-5-1-3-6(8)4-2-5;5-1(3(7)8)2(6)4(9)10/h2*1-4H,8H2;(H,7,8)(H,9,10)/b;;2-1-. The summed E-state index contributed by atoms with van der Waals surface area (Å²) >= 11 is 9.86. The van der Waals surface area contributed by atoms with Gasteiger partial charge in [-0.25, -0.2) is 18.4 Å². The molecule has 0 aliphatic carbocycles. The van der Waals surface area contributed by atoms with Crippen molar-refractivity contribution < 1.29 is 28.6 Å². The van der Waals surface area contributed by atoms with Crippen molar-refractivity contribution in [2.75, 3.05) is 11.5 Å². The number of hydrogen-bond acceptors (Lipinski definition) is 4. The summed E-state index contributed by atoms with van der Waals surface area (Å²) in [6.07, 6.45) is 0. The molecule has 0 radical (unpaired) electrons. The van der Waals surface area contributed by atoms with Gasteiger partial charge in [0, 0.05) is 11.4 Å². The van der Waals surface area contributed by atoms with Crippen molar-refractivity contribution >= 4 is 46.5 Å². The zero-order chi connectivity index (χ0) is 20.3. The zero-order valence-electron chi connectivity index (χ0n) is 13.0. The molecule has 0 heterocycles. The highest BCUT2D eigenvalue weighted by molar-refractivity contribution is 6.52. The SMILES string of the molecule is Nc1ccc(F)cc1.Nc1ccc(F)cc1.O=C(O)/C(Cl)=C(/Cl)C(=O)O. The highest BCUT2D eigenvalue weighted by atomic mass is 35.5. The first-order valence-corrected chi connectivity index (χ1v) is 7.34. The average Bonchev–Trinajstić information content (AvgIpc) is 2.59. The van der Waals surface area contributed by atoms with Gasteiger partial charge in [-0.15, -0.1) is 0 Å². The van der Waals surface area contributed by atoms with Crippen molar-refractivity contribution in [2.45, 2.75) is 0 Å². The summed E-state index contributed by atoms with van der Waals surface area (Å²) in [5.74, 6) is -3.62. The number of carboxylic acids is 2. The highest BCUT2D eigenvalue weighted by Crippen LogP contribution is 2.13. The fourth-order valence-corrected chi connectivity index (χ4v) is 1.27. The third kappa shape index (κ3) is 10.1. The Morgan fingerprint density at radius 1 is 0.692 bits per heavy atom. The Kier molecular flexibility index (Phi) is 10.4. The second-order valence-corrected chi connectivity index (χ2v) is 5.10. The van der Waals surface area contributed by atoms with E-state index in [0.717, 1.165) is 0 Å². The predicted octanol–water partition coefficient (Wildman–Crippen LogP) is 3.66. The number of benzene rings is 2. The summed E-state index contributed by atoms with van der Waals surface area (Å²) in [4.78, 5) is 19.8. The molecule has 0 saturated heterocycles. The number of anilines is 2. The van der Waals surface area contributed by atoms with Gasteiger partial charge in [-0.3, -0.25) is 0 Å². The molecule has 6 N–H and O–H groups in total. The van der Waals surface area contributed by atoms with Gasteiger partial charge in [0.05, 0.1) is 0 Å². The van der Waals surface area contributed by atoms with E-state index in [9.17, 15) is 18.4 Å². The molecule has 0 spiro atoms. The largest absolute Gasteiger partial charge is 0.477 e. The Balaban J connectivity index is 0.000000363. The van der Waals surface area contributed by atoms with Crippen LogP contribution in [0.4, 0.5) is 20.2 Å². The number of aliphatic carboxylic acids is 2. The van der Waals surface area contributed by atoms with Crippen LogP contribution in [-0.2, 0) is 9.59 Å². The molecule has 0 amide bonds. The molecule has 2 aromatic carbocycles. The summed E-state index contributed by atoms with van der Waals surface area (Å²) in [6, 6.07) is 11.4. The number of nitrogens with two attached hydrogens (primary N) is 2. The van der Waals surface area contributed by atoms with Gasteiger partial charge in [0.15, 0.2) is 10.1 Å². The van der Waals surface area contributed by atoms with Crippen molar-refractivity contribution in [1.82, 2.24) is 0 Å². The van der Waals surface area contributed by atoms with E-state index >= 15 is 0 Å².